The van der Waals surface area contributed by atoms with Gasteiger partial charge in [0.25, 0.3) is 0 Å². The number of likely N-dealkylation sites (N-methyl/N-ethyl adjacent to an activating group) is 1. The fourth-order valence-electron chi connectivity index (χ4n) is 8.67. The zero-order chi connectivity index (χ0) is 35.4. The van der Waals surface area contributed by atoms with Crippen molar-refractivity contribution < 1.29 is 43.2 Å². The topological polar surface area (TPSA) is 136 Å². The van der Waals surface area contributed by atoms with Crippen LogP contribution >= 0.6 is 0 Å². The van der Waals surface area contributed by atoms with Gasteiger partial charge in [0.15, 0.2) is 17.7 Å². The summed E-state index contributed by atoms with van der Waals surface area (Å²) in [6, 6.07) is -0.697. The van der Waals surface area contributed by atoms with E-state index in [1.807, 2.05) is 60.5 Å². The smallest absolute Gasteiger partial charge is 0.411 e. The first-order chi connectivity index (χ1) is 21.7. The number of aliphatic hydroxyl groups excluding tert-OH is 1. The normalized spacial score (nSPS) is 44.7. The Kier molecular flexibility index (Phi) is 10.9. The van der Waals surface area contributed by atoms with Gasteiger partial charge in [-0.1, -0.05) is 27.7 Å². The molecule has 268 valence electrons. The molecule has 12 nitrogen and oxygen atoms in total. The van der Waals surface area contributed by atoms with Crippen LogP contribution in [0.3, 0.4) is 0 Å². The minimum absolute atomic E-state index is 0.184. The van der Waals surface area contributed by atoms with Gasteiger partial charge in [0, 0.05) is 37.2 Å². The van der Waals surface area contributed by atoms with Crippen molar-refractivity contribution in [3.63, 3.8) is 0 Å². The first kappa shape index (κ1) is 37.7. The Morgan fingerprint density at radius 1 is 1.04 bits per heavy atom. The van der Waals surface area contributed by atoms with Crippen molar-refractivity contribution in [3.05, 3.63) is 0 Å². The van der Waals surface area contributed by atoms with E-state index in [2.05, 4.69) is 13.8 Å². The van der Waals surface area contributed by atoms with E-state index in [-0.39, 0.29) is 29.8 Å². The van der Waals surface area contributed by atoms with Gasteiger partial charge in [-0.2, -0.15) is 0 Å². The van der Waals surface area contributed by atoms with Crippen molar-refractivity contribution in [2.24, 2.45) is 28.7 Å². The van der Waals surface area contributed by atoms with Crippen LogP contribution in [0.5, 0.6) is 0 Å². The van der Waals surface area contributed by atoms with E-state index in [0.717, 1.165) is 5.71 Å². The Labute approximate surface area is 280 Å². The first-order valence-corrected chi connectivity index (χ1v) is 17.2. The van der Waals surface area contributed by atoms with Gasteiger partial charge in [-0.15, -0.1) is 0 Å². The molecule has 4 heterocycles. The molecule has 12 heteroatoms. The molecule has 4 aliphatic heterocycles. The second-order valence-corrected chi connectivity index (χ2v) is 15.8. The van der Waals surface area contributed by atoms with Gasteiger partial charge in [-0.3, -0.25) is 19.5 Å². The lowest BCUT2D eigenvalue weighted by Gasteiger charge is -2.47. The molecule has 0 aromatic carbocycles. The third-order valence-electron chi connectivity index (χ3n) is 11.2. The minimum atomic E-state index is -1.18. The van der Waals surface area contributed by atoms with Crippen LogP contribution < -0.4 is 0 Å². The molecule has 0 aromatic heterocycles. The number of amides is 1. The maximum Gasteiger partial charge on any atom is 0.411 e. The number of carbonyl (C=O) groups is 3. The Hall–Kier alpha value is -2.12. The highest BCUT2D eigenvalue weighted by Gasteiger charge is 2.61. The molecule has 0 unspecified atom stereocenters. The predicted molar refractivity (Wildman–Crippen MR) is 176 cm³/mol. The highest BCUT2D eigenvalue weighted by Crippen LogP contribution is 2.45. The van der Waals surface area contributed by atoms with Gasteiger partial charge >= 0.3 is 12.1 Å². The van der Waals surface area contributed by atoms with Crippen molar-refractivity contribution in [3.8, 4) is 0 Å². The largest absolute Gasteiger partial charge is 0.458 e. The molecule has 0 radical (unpaired) electrons. The number of nitrogens with zero attached hydrogens (tertiary/aromatic N) is 3. The SMILES string of the molecule is CC[C@@H]1OC(=O)[C@H](C)C(=O)[C@H](C)[C@H](O[C@@H]2O[C@H](C)C[C@H](N(C)C)[C@H]2O)[C@](C)(OC)C[C@@H](C)C2=NC(C)(C)CN3C(=O)O[C@@]1(C)[C@H]3[C@H]2C. The number of aliphatic hydroxyl groups is 1. The van der Waals surface area contributed by atoms with Crippen molar-refractivity contribution in [2.75, 3.05) is 27.7 Å². The average molecular weight is 666 g/mol. The van der Waals surface area contributed by atoms with Crippen LogP contribution in [0.4, 0.5) is 4.79 Å². The molecular weight excluding hydrogens is 606 g/mol. The average Bonchev–Trinajstić information content (AvgIpc) is 3.17. The number of rotatable bonds is 5. The fraction of sp³-hybridized carbons (Fsp3) is 0.886. The molecule has 0 spiro atoms. The molecule has 4 rings (SSSR count). The van der Waals surface area contributed by atoms with Crippen molar-refractivity contribution in [2.45, 2.75) is 148 Å². The van der Waals surface area contributed by atoms with E-state index < -0.39 is 71.3 Å². The molecule has 0 saturated carbocycles. The Balaban J connectivity index is 1.86. The van der Waals surface area contributed by atoms with Crippen molar-refractivity contribution >= 4 is 23.6 Å². The van der Waals surface area contributed by atoms with Crippen LogP contribution in [0.1, 0.15) is 88.5 Å². The molecule has 3 fully saturated rings. The number of Topliss-reactive ketones (excluding diaryl/α,β-unsaturated/α-hetero) is 1. The summed E-state index contributed by atoms with van der Waals surface area (Å²) in [7, 11) is 5.39. The Morgan fingerprint density at radius 2 is 1.68 bits per heavy atom. The number of hydrogen-bond donors (Lipinski definition) is 1. The lowest BCUT2D eigenvalue weighted by molar-refractivity contribution is -0.295. The quantitative estimate of drug-likeness (QED) is 0.341. The summed E-state index contributed by atoms with van der Waals surface area (Å²) < 4.78 is 31.3. The second-order valence-electron chi connectivity index (χ2n) is 15.8. The number of methoxy groups -OCH3 is 1. The van der Waals surface area contributed by atoms with E-state index in [1.165, 1.54) is 6.92 Å². The maximum atomic E-state index is 14.2. The monoisotopic (exact) mass is 665 g/mol. The van der Waals surface area contributed by atoms with Crippen LogP contribution in [-0.2, 0) is 33.3 Å². The summed E-state index contributed by atoms with van der Waals surface area (Å²) in [5, 5.41) is 11.4. The standard InChI is InChI=1S/C35H59N3O9/c1-14-24-35(10)28-20(4)25(36-33(7,8)17-38(28)32(42)47-35)18(2)16-34(9,43-13)29(21(5)26(39)22(6)30(41)45-24)46-31-27(40)23(37(11)12)15-19(3)44-31/h18-24,27-29,31,40H,14-17H2,1-13H3/t18-,19-,20+,21+,22-,23+,24+,27-,28-,29+,31+,34-,35-/m1/s1. The predicted octanol–water partition coefficient (Wildman–Crippen LogP) is 3.85. The number of ketones is 1. The van der Waals surface area contributed by atoms with Crippen LogP contribution in [0.15, 0.2) is 4.99 Å². The fourth-order valence-corrected chi connectivity index (χ4v) is 8.67. The number of cyclic esters (lactones) is 1. The van der Waals surface area contributed by atoms with E-state index in [9.17, 15) is 19.5 Å². The molecule has 0 aromatic rings. The minimum Gasteiger partial charge on any atom is -0.458 e. The maximum absolute atomic E-state index is 14.2. The zero-order valence-corrected chi connectivity index (χ0v) is 30.7. The van der Waals surface area contributed by atoms with Crippen LogP contribution in [0.25, 0.3) is 0 Å². The molecule has 0 aliphatic carbocycles. The van der Waals surface area contributed by atoms with E-state index >= 15 is 0 Å². The molecule has 4 aliphatic rings. The number of aliphatic imine (C=N–C) groups is 1. The highest BCUT2D eigenvalue weighted by atomic mass is 16.7. The van der Waals surface area contributed by atoms with E-state index in [0.29, 0.717) is 25.8 Å². The van der Waals surface area contributed by atoms with E-state index in [4.69, 9.17) is 28.7 Å². The van der Waals surface area contributed by atoms with Crippen LogP contribution in [0.2, 0.25) is 0 Å². The van der Waals surface area contributed by atoms with Gasteiger partial charge in [-0.05, 0) is 80.8 Å². The first-order valence-electron chi connectivity index (χ1n) is 17.2. The molecule has 2 bridgehead atoms. The lowest BCUT2D eigenvalue weighted by atomic mass is 9.73. The summed E-state index contributed by atoms with van der Waals surface area (Å²) in [4.78, 5) is 50.4. The van der Waals surface area contributed by atoms with Crippen molar-refractivity contribution in [1.82, 2.24) is 9.80 Å². The lowest BCUT2D eigenvalue weighted by Crippen LogP contribution is -2.60. The zero-order valence-electron chi connectivity index (χ0n) is 30.7. The summed E-state index contributed by atoms with van der Waals surface area (Å²) in [6.07, 6.45) is -3.01. The molecule has 47 heavy (non-hydrogen) atoms. The number of carbonyl (C=O) groups excluding carboxylic acids is 3. The third-order valence-corrected chi connectivity index (χ3v) is 11.2. The highest BCUT2D eigenvalue weighted by molar-refractivity contribution is 6.00. The number of hydrogen-bond acceptors (Lipinski definition) is 11. The number of esters is 1. The van der Waals surface area contributed by atoms with Crippen LogP contribution in [0, 0.1) is 23.7 Å². The van der Waals surface area contributed by atoms with Gasteiger partial charge in [-0.25, -0.2) is 4.79 Å². The third kappa shape index (κ3) is 7.00. The van der Waals surface area contributed by atoms with Gasteiger partial charge in [0.05, 0.1) is 29.4 Å². The van der Waals surface area contributed by atoms with Gasteiger partial charge in [0.1, 0.15) is 18.1 Å². The summed E-state index contributed by atoms with van der Waals surface area (Å²) >= 11 is 0. The Morgan fingerprint density at radius 3 is 2.26 bits per heavy atom. The second kappa shape index (κ2) is 13.7. The van der Waals surface area contributed by atoms with Crippen LogP contribution in [-0.4, -0.2) is 126 Å². The Bertz CT molecular complexity index is 1220. The molecular formula is C35H59N3O9. The molecule has 13 atom stereocenters. The van der Waals surface area contributed by atoms with Crippen molar-refractivity contribution in [1.29, 1.82) is 0 Å². The van der Waals surface area contributed by atoms with Gasteiger partial charge < -0.3 is 33.7 Å². The van der Waals surface area contributed by atoms with E-state index in [1.54, 1.807) is 18.9 Å². The summed E-state index contributed by atoms with van der Waals surface area (Å²) in [5.41, 5.74) is -2.01. The molecule has 3 saturated heterocycles. The molecule has 1 N–H and O–H groups in total. The summed E-state index contributed by atoms with van der Waals surface area (Å²) in [6.45, 7) is 19.3. The van der Waals surface area contributed by atoms with Gasteiger partial charge in [0.2, 0.25) is 0 Å². The number of fused-ring (bicyclic) bond motifs is 1. The summed E-state index contributed by atoms with van der Waals surface area (Å²) in [5.74, 6) is -3.52. The molecule has 1 amide bonds. The number of ether oxygens (including phenoxy) is 5.